The van der Waals surface area contributed by atoms with E-state index in [1.54, 1.807) is 17.0 Å². The van der Waals surface area contributed by atoms with Crippen molar-refractivity contribution >= 4 is 35.7 Å². The first-order valence-corrected chi connectivity index (χ1v) is 14.2. The molecule has 2 heterocycles. The minimum atomic E-state index is -0.884. The van der Waals surface area contributed by atoms with Crippen LogP contribution in [-0.4, -0.2) is 64.1 Å². The Bertz CT molecular complexity index is 1490. The third kappa shape index (κ3) is 7.36. The highest BCUT2D eigenvalue weighted by atomic mass is 35.5. The van der Waals surface area contributed by atoms with Gasteiger partial charge in [-0.3, -0.25) is 14.5 Å². The van der Waals surface area contributed by atoms with Crippen LogP contribution in [0.4, 0.5) is 11.5 Å². The molecule has 0 radical (unpaired) electrons. The molecule has 12 heteroatoms. The van der Waals surface area contributed by atoms with Crippen molar-refractivity contribution in [2.75, 3.05) is 30.4 Å². The Morgan fingerprint density at radius 2 is 1.70 bits per heavy atom. The fourth-order valence-electron chi connectivity index (χ4n) is 5.60. The van der Waals surface area contributed by atoms with Gasteiger partial charge in [0.05, 0.1) is 0 Å². The molecule has 0 spiro atoms. The molecule has 4 aromatic rings. The standard InChI is InChI=1S/C31H37N9O2.ClH/c1-39(2)28-15-12-25(19-34-28)24-5-3-4-21(16-24)17-27(29(33)41)40(31(42)23-8-6-20(18-32)7-9-23)26-13-10-22(11-14-26)30-35-37-38-36-30;/h3-5,10-16,19-20,23,27H,6-9,17-18,32H2,1-2H3,(H2,33,41)(H,35,36,37,38);1H/t20?,23?,27-;/m0./s1. The number of tetrazole rings is 1. The first-order valence-electron chi connectivity index (χ1n) is 14.2. The number of hydrogen-bond donors (Lipinski definition) is 3. The summed E-state index contributed by atoms with van der Waals surface area (Å²) < 4.78 is 0. The number of pyridine rings is 1. The Balaban J connectivity index is 0.00000423. The second-order valence-electron chi connectivity index (χ2n) is 11.1. The zero-order valence-electron chi connectivity index (χ0n) is 24.4. The monoisotopic (exact) mass is 603 g/mol. The van der Waals surface area contributed by atoms with Crippen molar-refractivity contribution in [1.82, 2.24) is 25.6 Å². The smallest absolute Gasteiger partial charge is 0.240 e. The fourth-order valence-corrected chi connectivity index (χ4v) is 5.60. The van der Waals surface area contributed by atoms with Gasteiger partial charge < -0.3 is 16.4 Å². The van der Waals surface area contributed by atoms with Crippen molar-refractivity contribution in [2.24, 2.45) is 23.3 Å². The lowest BCUT2D eigenvalue weighted by molar-refractivity contribution is -0.127. The van der Waals surface area contributed by atoms with Gasteiger partial charge in [0.15, 0.2) is 0 Å². The molecule has 1 fully saturated rings. The van der Waals surface area contributed by atoms with Crippen LogP contribution in [0.1, 0.15) is 31.2 Å². The fraction of sp³-hybridized carbons (Fsp3) is 0.355. The van der Waals surface area contributed by atoms with Gasteiger partial charge in [-0.05, 0) is 90.9 Å². The Hall–Kier alpha value is -4.35. The van der Waals surface area contributed by atoms with Crippen molar-refractivity contribution in [2.45, 2.75) is 38.1 Å². The highest BCUT2D eigenvalue weighted by Crippen LogP contribution is 2.33. The van der Waals surface area contributed by atoms with Crippen LogP contribution in [0.2, 0.25) is 0 Å². The summed E-state index contributed by atoms with van der Waals surface area (Å²) in [4.78, 5) is 35.3. The number of rotatable bonds is 10. The van der Waals surface area contributed by atoms with Gasteiger partial charge in [-0.25, -0.2) is 4.98 Å². The SMILES string of the molecule is CN(C)c1ccc(-c2cccc(C[C@@H](C(N)=O)N(C(=O)C3CCC(CN)CC3)c3ccc(-c4nn[nH]n4)cc3)c2)cn1.Cl. The number of carbonyl (C=O) groups excluding carboxylic acids is 2. The topological polar surface area (TPSA) is 160 Å². The van der Waals surface area contributed by atoms with E-state index in [9.17, 15) is 9.59 Å². The molecule has 1 aliphatic carbocycles. The minimum Gasteiger partial charge on any atom is -0.368 e. The summed E-state index contributed by atoms with van der Waals surface area (Å²) in [5.74, 6) is 0.858. The molecule has 1 aliphatic rings. The summed E-state index contributed by atoms with van der Waals surface area (Å²) >= 11 is 0. The highest BCUT2D eigenvalue weighted by molar-refractivity contribution is 6.01. The first-order chi connectivity index (χ1) is 20.3. The normalized spacial score (nSPS) is 17.0. The predicted molar refractivity (Wildman–Crippen MR) is 170 cm³/mol. The lowest BCUT2D eigenvalue weighted by Crippen LogP contribution is -2.52. The molecule has 43 heavy (non-hydrogen) atoms. The number of nitrogens with zero attached hydrogens (tertiary/aromatic N) is 6. The van der Waals surface area contributed by atoms with E-state index in [1.165, 1.54) is 0 Å². The van der Waals surface area contributed by atoms with Gasteiger partial charge in [-0.15, -0.1) is 22.6 Å². The molecule has 0 bridgehead atoms. The van der Waals surface area contributed by atoms with E-state index in [0.717, 1.165) is 53.8 Å². The first kappa shape index (κ1) is 31.6. The molecule has 11 nitrogen and oxygen atoms in total. The molecule has 5 N–H and O–H groups in total. The Kier molecular flexibility index (Phi) is 10.4. The van der Waals surface area contributed by atoms with Gasteiger partial charge in [0.25, 0.3) is 0 Å². The van der Waals surface area contributed by atoms with Crippen LogP contribution >= 0.6 is 12.4 Å². The van der Waals surface area contributed by atoms with Crippen LogP contribution in [0.15, 0.2) is 66.9 Å². The van der Waals surface area contributed by atoms with Crippen LogP contribution in [0.3, 0.4) is 0 Å². The predicted octanol–water partition coefficient (Wildman–Crippen LogP) is 3.61. The summed E-state index contributed by atoms with van der Waals surface area (Å²) in [5.41, 5.74) is 16.1. The number of nitrogens with one attached hydrogen (secondary N) is 1. The molecule has 5 rings (SSSR count). The zero-order valence-corrected chi connectivity index (χ0v) is 25.2. The zero-order chi connectivity index (χ0) is 29.6. The van der Waals surface area contributed by atoms with Gasteiger partial charge in [0.2, 0.25) is 17.6 Å². The number of anilines is 2. The average Bonchev–Trinajstić information content (AvgIpc) is 3.56. The molecule has 0 unspecified atom stereocenters. The summed E-state index contributed by atoms with van der Waals surface area (Å²) in [5, 5.41) is 14.1. The number of halogens is 1. The lowest BCUT2D eigenvalue weighted by Gasteiger charge is -2.35. The number of benzene rings is 2. The van der Waals surface area contributed by atoms with Gasteiger partial charge in [0.1, 0.15) is 11.9 Å². The van der Waals surface area contributed by atoms with Crippen molar-refractivity contribution in [3.05, 3.63) is 72.4 Å². The Labute approximate surface area is 257 Å². The number of hydrogen-bond acceptors (Lipinski definition) is 8. The molecule has 226 valence electrons. The molecular weight excluding hydrogens is 566 g/mol. The lowest BCUT2D eigenvalue weighted by atomic mass is 9.81. The molecule has 1 saturated carbocycles. The van der Waals surface area contributed by atoms with Gasteiger partial charge >= 0.3 is 0 Å². The summed E-state index contributed by atoms with van der Waals surface area (Å²) in [6.07, 6.45) is 5.34. The summed E-state index contributed by atoms with van der Waals surface area (Å²) in [6, 6.07) is 18.3. The van der Waals surface area contributed by atoms with Crippen LogP contribution in [0.25, 0.3) is 22.5 Å². The van der Waals surface area contributed by atoms with Gasteiger partial charge in [-0.1, -0.05) is 24.3 Å². The number of amides is 2. The van der Waals surface area contributed by atoms with Crippen molar-refractivity contribution in [3.8, 4) is 22.5 Å². The Morgan fingerprint density at radius 3 is 2.28 bits per heavy atom. The minimum absolute atomic E-state index is 0. The van der Waals surface area contributed by atoms with E-state index in [2.05, 4.69) is 25.6 Å². The summed E-state index contributed by atoms with van der Waals surface area (Å²) in [6.45, 7) is 0.621. The number of primary amides is 1. The second kappa shape index (κ2) is 14.2. The number of nitrogens with two attached hydrogens (primary N) is 2. The highest BCUT2D eigenvalue weighted by Gasteiger charge is 2.36. The number of aromatic amines is 1. The van der Waals surface area contributed by atoms with Crippen LogP contribution in [-0.2, 0) is 16.0 Å². The maximum absolute atomic E-state index is 14.2. The third-order valence-electron chi connectivity index (χ3n) is 8.05. The maximum atomic E-state index is 14.2. The molecule has 2 aromatic carbocycles. The molecule has 2 aromatic heterocycles. The summed E-state index contributed by atoms with van der Waals surface area (Å²) in [7, 11) is 3.89. The van der Waals surface area contributed by atoms with E-state index in [4.69, 9.17) is 11.5 Å². The maximum Gasteiger partial charge on any atom is 0.240 e. The molecule has 0 aliphatic heterocycles. The molecule has 2 amide bonds. The molecule has 0 saturated heterocycles. The van der Waals surface area contributed by atoms with E-state index < -0.39 is 11.9 Å². The third-order valence-corrected chi connectivity index (χ3v) is 8.05. The quantitative estimate of drug-likeness (QED) is 0.248. The van der Waals surface area contributed by atoms with Crippen molar-refractivity contribution in [3.63, 3.8) is 0 Å². The number of H-pyrrole nitrogens is 1. The van der Waals surface area contributed by atoms with Crippen molar-refractivity contribution < 1.29 is 9.59 Å². The number of carbonyl (C=O) groups is 2. The molecule has 1 atom stereocenters. The van der Waals surface area contributed by atoms with E-state index in [-0.39, 0.29) is 30.7 Å². The largest absolute Gasteiger partial charge is 0.368 e. The molecular formula is C31H38ClN9O2. The van der Waals surface area contributed by atoms with Gasteiger partial charge in [0, 0.05) is 49.4 Å². The average molecular weight is 604 g/mol. The van der Waals surface area contributed by atoms with Crippen molar-refractivity contribution in [1.29, 1.82) is 0 Å². The van der Waals surface area contributed by atoms with Crippen LogP contribution < -0.4 is 21.3 Å². The van der Waals surface area contributed by atoms with Crippen LogP contribution in [0.5, 0.6) is 0 Å². The van der Waals surface area contributed by atoms with Crippen LogP contribution in [0, 0.1) is 11.8 Å². The second-order valence-corrected chi connectivity index (χ2v) is 11.1. The van der Waals surface area contributed by atoms with E-state index in [1.807, 2.05) is 73.7 Å². The van der Waals surface area contributed by atoms with Gasteiger partial charge in [-0.2, -0.15) is 5.21 Å². The number of aromatic nitrogens is 5. The Morgan fingerprint density at radius 1 is 0.977 bits per heavy atom. The van der Waals surface area contributed by atoms with E-state index >= 15 is 0 Å². The van der Waals surface area contributed by atoms with E-state index in [0.29, 0.717) is 24.0 Å².